The van der Waals surface area contributed by atoms with Gasteiger partial charge in [0.2, 0.25) is 0 Å². The summed E-state index contributed by atoms with van der Waals surface area (Å²) in [5.74, 6) is 0.622. The van der Waals surface area contributed by atoms with Crippen LogP contribution in [0.3, 0.4) is 0 Å². The first-order valence-corrected chi connectivity index (χ1v) is 6.36. The van der Waals surface area contributed by atoms with Gasteiger partial charge in [0.05, 0.1) is 12.6 Å². The van der Waals surface area contributed by atoms with Crippen LogP contribution in [0.2, 0.25) is 0 Å². The van der Waals surface area contributed by atoms with Gasteiger partial charge in [0.25, 0.3) is 0 Å². The van der Waals surface area contributed by atoms with Crippen LogP contribution in [0.15, 0.2) is 42.5 Å². The third kappa shape index (κ3) is 3.12. The van der Waals surface area contributed by atoms with Gasteiger partial charge in [-0.25, -0.2) is 4.39 Å². The van der Waals surface area contributed by atoms with E-state index in [0.29, 0.717) is 12.2 Å². The molecule has 19 heavy (non-hydrogen) atoms. The van der Waals surface area contributed by atoms with Crippen molar-refractivity contribution in [1.82, 2.24) is 0 Å². The molecule has 2 N–H and O–H groups in total. The van der Waals surface area contributed by atoms with Crippen molar-refractivity contribution in [1.29, 1.82) is 0 Å². The quantitative estimate of drug-likeness (QED) is 0.910. The lowest BCUT2D eigenvalue weighted by molar-refractivity contribution is 0.340. The smallest absolute Gasteiger partial charge is 0.126 e. The van der Waals surface area contributed by atoms with Crippen molar-refractivity contribution in [2.45, 2.75) is 19.9 Å². The van der Waals surface area contributed by atoms with E-state index < -0.39 is 0 Å². The molecule has 0 amide bonds. The molecule has 2 aromatic rings. The van der Waals surface area contributed by atoms with E-state index in [1.165, 1.54) is 6.07 Å². The highest BCUT2D eigenvalue weighted by molar-refractivity contribution is 5.36. The molecule has 0 fully saturated rings. The lowest BCUT2D eigenvalue weighted by Gasteiger charge is -2.14. The molecule has 0 spiro atoms. The fraction of sp³-hybridized carbons (Fsp3) is 0.250. The molecule has 0 heterocycles. The average Bonchev–Trinajstić information content (AvgIpc) is 2.42. The Morgan fingerprint density at radius 1 is 1.11 bits per heavy atom. The van der Waals surface area contributed by atoms with Crippen LogP contribution in [0.1, 0.15) is 29.7 Å². The fourth-order valence-corrected chi connectivity index (χ4v) is 1.99. The molecule has 0 radical (unpaired) electrons. The summed E-state index contributed by atoms with van der Waals surface area (Å²) in [6.45, 7) is 4.33. The molecule has 0 saturated heterocycles. The summed E-state index contributed by atoms with van der Waals surface area (Å²) >= 11 is 0. The van der Waals surface area contributed by atoms with Crippen LogP contribution in [0.4, 0.5) is 4.39 Å². The largest absolute Gasteiger partial charge is 0.494 e. The zero-order valence-corrected chi connectivity index (χ0v) is 11.2. The van der Waals surface area contributed by atoms with E-state index in [9.17, 15) is 4.39 Å². The standard InChI is InChI=1S/C16H18FNO/c1-3-19-14-7-4-12(5-8-14)16(18)13-6-9-15(17)11(2)10-13/h4-10,16H,3,18H2,1-2H3. The number of ether oxygens (including phenoxy) is 1. The number of hydrogen-bond acceptors (Lipinski definition) is 2. The van der Waals surface area contributed by atoms with E-state index in [1.54, 1.807) is 19.1 Å². The molecule has 3 heteroatoms. The third-order valence-corrected chi connectivity index (χ3v) is 3.09. The van der Waals surface area contributed by atoms with Crippen LogP contribution in [0.5, 0.6) is 5.75 Å². The second kappa shape index (κ2) is 5.85. The zero-order valence-electron chi connectivity index (χ0n) is 11.2. The maximum absolute atomic E-state index is 13.2. The number of hydrogen-bond donors (Lipinski definition) is 1. The Morgan fingerprint density at radius 3 is 2.32 bits per heavy atom. The van der Waals surface area contributed by atoms with Gasteiger partial charge in [-0.05, 0) is 48.7 Å². The summed E-state index contributed by atoms with van der Waals surface area (Å²) in [6, 6.07) is 12.4. The number of aryl methyl sites for hydroxylation is 1. The van der Waals surface area contributed by atoms with Crippen molar-refractivity contribution in [3.63, 3.8) is 0 Å². The van der Waals surface area contributed by atoms with Crippen molar-refractivity contribution in [3.05, 3.63) is 65.0 Å². The van der Waals surface area contributed by atoms with E-state index in [2.05, 4.69) is 0 Å². The van der Waals surface area contributed by atoms with Gasteiger partial charge in [-0.2, -0.15) is 0 Å². The van der Waals surface area contributed by atoms with Crippen LogP contribution in [0.25, 0.3) is 0 Å². The second-order valence-corrected chi connectivity index (χ2v) is 4.49. The predicted molar refractivity (Wildman–Crippen MR) is 74.8 cm³/mol. The van der Waals surface area contributed by atoms with Crippen LogP contribution >= 0.6 is 0 Å². The van der Waals surface area contributed by atoms with Gasteiger partial charge in [-0.15, -0.1) is 0 Å². The Kier molecular flexibility index (Phi) is 4.17. The summed E-state index contributed by atoms with van der Waals surface area (Å²) in [5, 5.41) is 0. The highest BCUT2D eigenvalue weighted by Gasteiger charge is 2.10. The molecule has 2 nitrogen and oxygen atoms in total. The maximum Gasteiger partial charge on any atom is 0.126 e. The molecule has 0 aliphatic carbocycles. The number of nitrogens with two attached hydrogens (primary N) is 1. The molecule has 0 aliphatic heterocycles. The zero-order chi connectivity index (χ0) is 13.8. The van der Waals surface area contributed by atoms with Crippen LogP contribution in [-0.2, 0) is 0 Å². The van der Waals surface area contributed by atoms with E-state index in [1.807, 2.05) is 31.2 Å². The molecular weight excluding hydrogens is 241 g/mol. The van der Waals surface area contributed by atoms with Crippen molar-refractivity contribution < 1.29 is 9.13 Å². The Bertz CT molecular complexity index is 551. The first-order valence-electron chi connectivity index (χ1n) is 6.36. The van der Waals surface area contributed by atoms with Gasteiger partial charge >= 0.3 is 0 Å². The van der Waals surface area contributed by atoms with Gasteiger partial charge < -0.3 is 10.5 Å². The Labute approximate surface area is 113 Å². The maximum atomic E-state index is 13.2. The molecular formula is C16H18FNO. The van der Waals surface area contributed by atoms with Crippen molar-refractivity contribution >= 4 is 0 Å². The highest BCUT2D eigenvalue weighted by atomic mass is 19.1. The van der Waals surface area contributed by atoms with E-state index in [0.717, 1.165) is 16.9 Å². The molecule has 2 aromatic carbocycles. The first kappa shape index (κ1) is 13.6. The molecule has 2 rings (SSSR count). The number of halogens is 1. The second-order valence-electron chi connectivity index (χ2n) is 4.49. The molecule has 0 aromatic heterocycles. The Balaban J connectivity index is 2.22. The van der Waals surface area contributed by atoms with Gasteiger partial charge in [0, 0.05) is 0 Å². The molecule has 1 atom stereocenters. The van der Waals surface area contributed by atoms with Crippen LogP contribution in [0, 0.1) is 12.7 Å². The van der Waals surface area contributed by atoms with Gasteiger partial charge in [0.15, 0.2) is 0 Å². The van der Waals surface area contributed by atoms with Gasteiger partial charge in [0.1, 0.15) is 11.6 Å². The van der Waals surface area contributed by atoms with Gasteiger partial charge in [-0.3, -0.25) is 0 Å². The fourth-order valence-electron chi connectivity index (χ4n) is 1.99. The normalized spacial score (nSPS) is 12.2. The SMILES string of the molecule is CCOc1ccc(C(N)c2ccc(F)c(C)c2)cc1. The lowest BCUT2D eigenvalue weighted by atomic mass is 9.98. The van der Waals surface area contributed by atoms with Crippen molar-refractivity contribution in [2.24, 2.45) is 5.73 Å². The van der Waals surface area contributed by atoms with Crippen LogP contribution in [-0.4, -0.2) is 6.61 Å². The van der Waals surface area contributed by atoms with Crippen molar-refractivity contribution in [3.8, 4) is 5.75 Å². The molecule has 0 bridgehead atoms. The Hall–Kier alpha value is -1.87. The minimum absolute atomic E-state index is 0.206. The number of benzene rings is 2. The van der Waals surface area contributed by atoms with E-state index in [4.69, 9.17) is 10.5 Å². The number of rotatable bonds is 4. The molecule has 0 saturated carbocycles. The first-order chi connectivity index (χ1) is 9.11. The topological polar surface area (TPSA) is 35.2 Å². The van der Waals surface area contributed by atoms with Gasteiger partial charge in [-0.1, -0.05) is 24.3 Å². The van der Waals surface area contributed by atoms with Crippen molar-refractivity contribution in [2.75, 3.05) is 6.61 Å². The molecule has 0 aliphatic rings. The summed E-state index contributed by atoms with van der Waals surface area (Å²) in [7, 11) is 0. The monoisotopic (exact) mass is 259 g/mol. The summed E-state index contributed by atoms with van der Waals surface area (Å²) in [6.07, 6.45) is 0. The summed E-state index contributed by atoms with van der Waals surface area (Å²) in [4.78, 5) is 0. The molecule has 100 valence electrons. The average molecular weight is 259 g/mol. The summed E-state index contributed by atoms with van der Waals surface area (Å²) in [5.41, 5.74) is 8.69. The predicted octanol–water partition coefficient (Wildman–Crippen LogP) is 3.58. The Morgan fingerprint density at radius 2 is 1.74 bits per heavy atom. The van der Waals surface area contributed by atoms with E-state index >= 15 is 0 Å². The molecule has 1 unspecified atom stereocenters. The van der Waals surface area contributed by atoms with Crippen LogP contribution < -0.4 is 10.5 Å². The summed E-state index contributed by atoms with van der Waals surface area (Å²) < 4.78 is 18.6. The third-order valence-electron chi connectivity index (χ3n) is 3.09. The van der Waals surface area contributed by atoms with E-state index in [-0.39, 0.29) is 11.9 Å². The minimum atomic E-state index is -0.255. The lowest BCUT2D eigenvalue weighted by Crippen LogP contribution is -2.12. The highest BCUT2D eigenvalue weighted by Crippen LogP contribution is 2.23. The minimum Gasteiger partial charge on any atom is -0.494 e.